The highest BCUT2D eigenvalue weighted by atomic mass is 16.6. The van der Waals surface area contributed by atoms with Gasteiger partial charge in [0.15, 0.2) is 5.76 Å². The van der Waals surface area contributed by atoms with Crippen molar-refractivity contribution < 1.29 is 18.9 Å². The van der Waals surface area contributed by atoms with Gasteiger partial charge in [0.2, 0.25) is 0 Å². The summed E-state index contributed by atoms with van der Waals surface area (Å²) in [5.41, 5.74) is 0. The molecule has 1 aliphatic rings. The number of furan rings is 1. The van der Waals surface area contributed by atoms with Crippen LogP contribution in [0.3, 0.4) is 0 Å². The Morgan fingerprint density at radius 1 is 1.39 bits per heavy atom. The van der Waals surface area contributed by atoms with Crippen molar-refractivity contribution in [1.29, 1.82) is 0 Å². The molecule has 7 nitrogen and oxygen atoms in total. The van der Waals surface area contributed by atoms with Crippen LogP contribution in [0.5, 0.6) is 0 Å². The number of nitro groups is 1. The fourth-order valence-electron chi connectivity index (χ4n) is 1.89. The lowest BCUT2D eigenvalue weighted by molar-refractivity contribution is -0.402. The van der Waals surface area contributed by atoms with Crippen LogP contribution in [0.15, 0.2) is 16.5 Å². The Morgan fingerprint density at radius 2 is 2.06 bits per heavy atom. The third-order valence-corrected chi connectivity index (χ3v) is 2.87. The van der Waals surface area contributed by atoms with Gasteiger partial charge in [-0.25, -0.2) is 0 Å². The van der Waals surface area contributed by atoms with Crippen molar-refractivity contribution in [1.82, 2.24) is 5.32 Å². The highest BCUT2D eigenvalue weighted by molar-refractivity contribution is 5.92. The molecule has 1 aromatic heterocycles. The molecule has 1 amide bonds. The topological polar surface area (TPSA) is 102 Å². The molecular formula is C11H12N2O5. The number of rotatable bonds is 3. The van der Waals surface area contributed by atoms with E-state index < -0.39 is 16.7 Å². The third kappa shape index (κ3) is 2.73. The molecule has 2 rings (SSSR count). The van der Waals surface area contributed by atoms with Gasteiger partial charge in [-0.3, -0.25) is 19.7 Å². The molecular weight excluding hydrogens is 240 g/mol. The highest BCUT2D eigenvalue weighted by Crippen LogP contribution is 2.18. The Balaban J connectivity index is 1.94. The molecule has 18 heavy (non-hydrogen) atoms. The van der Waals surface area contributed by atoms with E-state index in [2.05, 4.69) is 5.32 Å². The van der Waals surface area contributed by atoms with Crippen LogP contribution in [0.2, 0.25) is 0 Å². The second-order valence-corrected chi connectivity index (χ2v) is 4.18. The lowest BCUT2D eigenvalue weighted by atomic mass is 9.94. The molecule has 7 heteroatoms. The monoisotopic (exact) mass is 252 g/mol. The summed E-state index contributed by atoms with van der Waals surface area (Å²) < 4.78 is 4.79. The van der Waals surface area contributed by atoms with E-state index in [9.17, 15) is 19.7 Å². The molecule has 1 aromatic rings. The molecule has 0 spiro atoms. The van der Waals surface area contributed by atoms with E-state index in [1.165, 1.54) is 6.07 Å². The number of nitrogens with one attached hydrogen (secondary N) is 1. The summed E-state index contributed by atoms with van der Waals surface area (Å²) in [5, 5.41) is 13.1. The molecule has 0 bridgehead atoms. The standard InChI is InChI=1S/C11H12N2O5/c14-8-3-1-7(2-4-8)12-11(15)9-5-6-10(18-9)13(16)17/h5-7H,1-4H2,(H,12,15). The van der Waals surface area contributed by atoms with Crippen molar-refractivity contribution in [2.75, 3.05) is 0 Å². The fraction of sp³-hybridized carbons (Fsp3) is 0.455. The van der Waals surface area contributed by atoms with E-state index >= 15 is 0 Å². The van der Waals surface area contributed by atoms with Crippen molar-refractivity contribution in [2.24, 2.45) is 0 Å². The molecule has 0 radical (unpaired) electrons. The van der Waals surface area contributed by atoms with Gasteiger partial charge in [-0.2, -0.15) is 0 Å². The fourth-order valence-corrected chi connectivity index (χ4v) is 1.89. The van der Waals surface area contributed by atoms with Crippen LogP contribution in [0.25, 0.3) is 0 Å². The highest BCUT2D eigenvalue weighted by Gasteiger charge is 2.23. The average Bonchev–Trinajstić information content (AvgIpc) is 2.81. The molecule has 0 atom stereocenters. The molecule has 0 aliphatic heterocycles. The lowest BCUT2D eigenvalue weighted by Gasteiger charge is -2.21. The van der Waals surface area contributed by atoms with Crippen molar-refractivity contribution in [3.63, 3.8) is 0 Å². The van der Waals surface area contributed by atoms with Crippen LogP contribution >= 0.6 is 0 Å². The number of nitrogens with zero attached hydrogens (tertiary/aromatic N) is 1. The van der Waals surface area contributed by atoms with Crippen LogP contribution in [0.4, 0.5) is 5.88 Å². The molecule has 0 saturated heterocycles. The van der Waals surface area contributed by atoms with Gasteiger partial charge in [0.05, 0.1) is 6.07 Å². The summed E-state index contributed by atoms with van der Waals surface area (Å²) in [7, 11) is 0. The predicted octanol–water partition coefficient (Wildman–Crippen LogP) is 1.43. The summed E-state index contributed by atoms with van der Waals surface area (Å²) in [5.74, 6) is -0.825. The van der Waals surface area contributed by atoms with Gasteiger partial charge in [0.1, 0.15) is 10.7 Å². The van der Waals surface area contributed by atoms with Gasteiger partial charge in [-0.05, 0) is 18.9 Å². The maximum absolute atomic E-state index is 11.7. The summed E-state index contributed by atoms with van der Waals surface area (Å²) >= 11 is 0. The normalized spacial score (nSPS) is 16.6. The van der Waals surface area contributed by atoms with E-state index in [1.807, 2.05) is 0 Å². The number of carbonyl (C=O) groups excluding carboxylic acids is 2. The van der Waals surface area contributed by atoms with Gasteiger partial charge in [-0.1, -0.05) is 0 Å². The Hall–Kier alpha value is -2.18. The minimum atomic E-state index is -0.698. The number of hydrogen-bond donors (Lipinski definition) is 1. The third-order valence-electron chi connectivity index (χ3n) is 2.87. The van der Waals surface area contributed by atoms with Crippen molar-refractivity contribution in [3.8, 4) is 0 Å². The van der Waals surface area contributed by atoms with Gasteiger partial charge in [0, 0.05) is 18.9 Å². The largest absolute Gasteiger partial charge is 0.433 e. The van der Waals surface area contributed by atoms with E-state index in [4.69, 9.17) is 4.42 Å². The number of ketones is 1. The maximum atomic E-state index is 11.7. The Bertz CT molecular complexity index is 483. The number of Topliss-reactive ketones (excluding diaryl/α,β-unsaturated/α-hetero) is 1. The second kappa shape index (κ2) is 4.99. The predicted molar refractivity (Wildman–Crippen MR) is 60.1 cm³/mol. The molecule has 1 fully saturated rings. The minimum Gasteiger partial charge on any atom is -0.395 e. The van der Waals surface area contributed by atoms with Crippen molar-refractivity contribution in [3.05, 3.63) is 28.0 Å². The number of hydrogen-bond acceptors (Lipinski definition) is 5. The molecule has 0 unspecified atom stereocenters. The van der Waals surface area contributed by atoms with Gasteiger partial charge in [-0.15, -0.1) is 0 Å². The minimum absolute atomic E-state index is 0.0700. The van der Waals surface area contributed by atoms with Crippen LogP contribution in [0.1, 0.15) is 36.2 Å². The number of carbonyl (C=O) groups is 2. The van der Waals surface area contributed by atoms with E-state index in [0.717, 1.165) is 6.07 Å². The zero-order valence-electron chi connectivity index (χ0n) is 9.55. The van der Waals surface area contributed by atoms with Crippen LogP contribution in [-0.2, 0) is 4.79 Å². The van der Waals surface area contributed by atoms with Gasteiger partial charge in [0.25, 0.3) is 5.91 Å². The lowest BCUT2D eigenvalue weighted by Crippen LogP contribution is -2.37. The molecule has 0 aromatic carbocycles. The molecule has 1 saturated carbocycles. The zero-order valence-corrected chi connectivity index (χ0v) is 9.55. The second-order valence-electron chi connectivity index (χ2n) is 4.18. The summed E-state index contributed by atoms with van der Waals surface area (Å²) in [4.78, 5) is 32.5. The Kier molecular flexibility index (Phi) is 3.40. The first-order chi connectivity index (χ1) is 8.56. The molecule has 96 valence electrons. The summed E-state index contributed by atoms with van der Waals surface area (Å²) in [6.45, 7) is 0. The van der Waals surface area contributed by atoms with Crippen molar-refractivity contribution >= 4 is 17.6 Å². The Morgan fingerprint density at radius 3 is 2.61 bits per heavy atom. The quantitative estimate of drug-likeness (QED) is 0.647. The summed E-state index contributed by atoms with van der Waals surface area (Å²) in [6, 6.07) is 2.33. The van der Waals surface area contributed by atoms with E-state index in [0.29, 0.717) is 25.7 Å². The number of amides is 1. The molecule has 1 N–H and O–H groups in total. The van der Waals surface area contributed by atoms with E-state index in [-0.39, 0.29) is 17.6 Å². The van der Waals surface area contributed by atoms with E-state index in [1.54, 1.807) is 0 Å². The first kappa shape index (κ1) is 12.3. The molecule has 1 aliphatic carbocycles. The summed E-state index contributed by atoms with van der Waals surface area (Å²) in [6.07, 6.45) is 2.13. The zero-order chi connectivity index (χ0) is 13.1. The maximum Gasteiger partial charge on any atom is 0.433 e. The van der Waals surface area contributed by atoms with Gasteiger partial charge < -0.3 is 9.73 Å². The first-order valence-electron chi connectivity index (χ1n) is 5.63. The van der Waals surface area contributed by atoms with Crippen LogP contribution < -0.4 is 5.32 Å². The first-order valence-corrected chi connectivity index (χ1v) is 5.63. The Labute approximate surface area is 102 Å². The average molecular weight is 252 g/mol. The molecule has 1 heterocycles. The SMILES string of the molecule is O=C1CCC(NC(=O)c2ccc([N+](=O)[O-])o2)CC1. The van der Waals surface area contributed by atoms with Crippen LogP contribution in [0, 0.1) is 10.1 Å². The van der Waals surface area contributed by atoms with Crippen LogP contribution in [-0.4, -0.2) is 22.7 Å². The van der Waals surface area contributed by atoms with Crippen molar-refractivity contribution in [2.45, 2.75) is 31.7 Å². The smallest absolute Gasteiger partial charge is 0.395 e. The van der Waals surface area contributed by atoms with Gasteiger partial charge >= 0.3 is 5.88 Å².